The van der Waals surface area contributed by atoms with Crippen molar-refractivity contribution in [3.8, 4) is 0 Å². The summed E-state index contributed by atoms with van der Waals surface area (Å²) in [5, 5.41) is 5.22. The van der Waals surface area contributed by atoms with E-state index < -0.39 is 11.8 Å². The molecule has 1 atom stereocenters. The van der Waals surface area contributed by atoms with Crippen molar-refractivity contribution in [3.05, 3.63) is 51.2 Å². The third kappa shape index (κ3) is 4.66. The quantitative estimate of drug-likeness (QED) is 0.818. The monoisotopic (exact) mass is 346 g/mol. The van der Waals surface area contributed by atoms with Crippen molar-refractivity contribution in [1.29, 1.82) is 0 Å². The van der Waals surface area contributed by atoms with Gasteiger partial charge < -0.3 is 15.4 Å². The first-order valence-electron chi connectivity index (χ1n) is 7.66. The molecule has 0 bridgehead atoms. The second-order valence-corrected chi connectivity index (χ2v) is 6.96. The lowest BCUT2D eigenvalue weighted by Gasteiger charge is -2.14. The Labute approximate surface area is 146 Å². The number of thiophene rings is 1. The van der Waals surface area contributed by atoms with Crippen LogP contribution in [0.1, 0.15) is 27.0 Å². The molecule has 5 nitrogen and oxygen atoms in total. The third-order valence-electron chi connectivity index (χ3n) is 3.78. The van der Waals surface area contributed by atoms with Crippen molar-refractivity contribution in [2.24, 2.45) is 0 Å². The van der Waals surface area contributed by atoms with Crippen LogP contribution in [0.3, 0.4) is 0 Å². The number of hydrogen-bond donors (Lipinski definition) is 2. The van der Waals surface area contributed by atoms with Crippen molar-refractivity contribution in [2.75, 3.05) is 19.0 Å². The molecule has 0 aliphatic heterocycles. The number of carbonyl (C=O) groups is 2. The second-order valence-electron chi connectivity index (χ2n) is 5.64. The molecule has 0 spiro atoms. The summed E-state index contributed by atoms with van der Waals surface area (Å²) in [5.74, 6) is -1.36. The number of nitrogens with one attached hydrogen (secondary N) is 2. The summed E-state index contributed by atoms with van der Waals surface area (Å²) >= 11 is 1.61. The summed E-state index contributed by atoms with van der Waals surface area (Å²) in [5.41, 5.74) is 2.79. The zero-order valence-corrected chi connectivity index (χ0v) is 15.1. The summed E-state index contributed by atoms with van der Waals surface area (Å²) in [6.45, 7) is 6.20. The van der Waals surface area contributed by atoms with Crippen LogP contribution in [-0.4, -0.2) is 25.5 Å². The van der Waals surface area contributed by atoms with E-state index in [-0.39, 0.29) is 12.6 Å². The standard InChI is InChI=1S/C18H22N2O3S/c1-11-5-7-14(9-12(11)2)20-18(22)17(21)19-10-15(23-4)16-8-6-13(3)24-16/h5-9,15H,10H2,1-4H3,(H,19,21)(H,20,22). The first kappa shape index (κ1) is 18.2. The molecule has 128 valence electrons. The van der Waals surface area contributed by atoms with Gasteiger partial charge in [0.15, 0.2) is 0 Å². The molecule has 24 heavy (non-hydrogen) atoms. The minimum atomic E-state index is -0.685. The second kappa shape index (κ2) is 8.08. The number of benzene rings is 1. The Morgan fingerprint density at radius 1 is 1.08 bits per heavy atom. The number of carbonyl (C=O) groups excluding carboxylic acids is 2. The van der Waals surface area contributed by atoms with E-state index in [1.807, 2.05) is 45.0 Å². The molecular weight excluding hydrogens is 324 g/mol. The first-order valence-corrected chi connectivity index (χ1v) is 8.48. The third-order valence-corrected chi connectivity index (χ3v) is 4.87. The molecule has 1 unspecified atom stereocenters. The van der Waals surface area contributed by atoms with Crippen LogP contribution in [0.2, 0.25) is 0 Å². The van der Waals surface area contributed by atoms with Crippen LogP contribution in [0, 0.1) is 20.8 Å². The van der Waals surface area contributed by atoms with Crippen LogP contribution >= 0.6 is 11.3 Å². The maximum atomic E-state index is 12.0. The highest BCUT2D eigenvalue weighted by atomic mass is 32.1. The number of hydrogen-bond acceptors (Lipinski definition) is 4. The first-order chi connectivity index (χ1) is 11.4. The molecule has 0 aliphatic carbocycles. The van der Waals surface area contributed by atoms with E-state index in [0.29, 0.717) is 5.69 Å². The van der Waals surface area contributed by atoms with Crippen LogP contribution < -0.4 is 10.6 Å². The van der Waals surface area contributed by atoms with Crippen molar-refractivity contribution in [3.63, 3.8) is 0 Å². The van der Waals surface area contributed by atoms with Gasteiger partial charge in [0, 0.05) is 29.1 Å². The fraction of sp³-hybridized carbons (Fsp3) is 0.333. The van der Waals surface area contributed by atoms with Crippen molar-refractivity contribution >= 4 is 28.8 Å². The molecular formula is C18H22N2O3S. The van der Waals surface area contributed by atoms with Gasteiger partial charge in [0.2, 0.25) is 0 Å². The fourth-order valence-corrected chi connectivity index (χ4v) is 3.15. The highest BCUT2D eigenvalue weighted by molar-refractivity contribution is 7.12. The Kier molecular flexibility index (Phi) is 6.11. The van der Waals surface area contributed by atoms with E-state index in [1.165, 1.54) is 4.88 Å². The number of aryl methyl sites for hydroxylation is 3. The van der Waals surface area contributed by atoms with Gasteiger partial charge in [-0.3, -0.25) is 9.59 Å². The normalized spacial score (nSPS) is 11.8. The predicted molar refractivity (Wildman–Crippen MR) is 96.4 cm³/mol. The Bertz CT molecular complexity index is 740. The highest BCUT2D eigenvalue weighted by Gasteiger charge is 2.18. The van der Waals surface area contributed by atoms with Crippen molar-refractivity contribution < 1.29 is 14.3 Å². The maximum Gasteiger partial charge on any atom is 0.313 e. The smallest absolute Gasteiger partial charge is 0.313 e. The van der Waals surface area contributed by atoms with Gasteiger partial charge in [-0.05, 0) is 56.2 Å². The average molecular weight is 346 g/mol. The van der Waals surface area contributed by atoms with Crippen LogP contribution in [0.15, 0.2) is 30.3 Å². The van der Waals surface area contributed by atoms with Gasteiger partial charge in [-0.15, -0.1) is 11.3 Å². The van der Waals surface area contributed by atoms with E-state index in [2.05, 4.69) is 10.6 Å². The van der Waals surface area contributed by atoms with Gasteiger partial charge in [0.05, 0.1) is 0 Å². The molecule has 0 saturated heterocycles. The van der Waals surface area contributed by atoms with Crippen LogP contribution in [-0.2, 0) is 14.3 Å². The summed E-state index contributed by atoms with van der Waals surface area (Å²) < 4.78 is 5.39. The number of ether oxygens (including phenoxy) is 1. The molecule has 1 aromatic heterocycles. The number of amides is 2. The molecule has 1 aromatic carbocycles. The minimum Gasteiger partial charge on any atom is -0.374 e. The Morgan fingerprint density at radius 2 is 1.83 bits per heavy atom. The van der Waals surface area contributed by atoms with E-state index in [0.717, 1.165) is 16.0 Å². The molecule has 6 heteroatoms. The molecule has 0 radical (unpaired) electrons. The van der Waals surface area contributed by atoms with Gasteiger partial charge in [0.1, 0.15) is 6.10 Å². The largest absolute Gasteiger partial charge is 0.374 e. The lowest BCUT2D eigenvalue weighted by molar-refractivity contribution is -0.136. The molecule has 0 fully saturated rings. The molecule has 0 aliphatic rings. The van der Waals surface area contributed by atoms with Gasteiger partial charge >= 0.3 is 11.8 Å². The number of anilines is 1. The molecule has 2 amide bonds. The lowest BCUT2D eigenvalue weighted by Crippen LogP contribution is -2.37. The molecule has 2 N–H and O–H groups in total. The maximum absolute atomic E-state index is 12.0. The molecule has 0 saturated carbocycles. The number of methoxy groups -OCH3 is 1. The Hall–Kier alpha value is -2.18. The fourth-order valence-electron chi connectivity index (χ4n) is 2.20. The lowest BCUT2D eigenvalue weighted by atomic mass is 10.1. The zero-order valence-electron chi connectivity index (χ0n) is 14.3. The Balaban J connectivity index is 1.91. The van der Waals surface area contributed by atoms with E-state index in [9.17, 15) is 9.59 Å². The summed E-state index contributed by atoms with van der Waals surface area (Å²) in [6, 6.07) is 9.49. The summed E-state index contributed by atoms with van der Waals surface area (Å²) in [4.78, 5) is 26.2. The van der Waals surface area contributed by atoms with E-state index in [1.54, 1.807) is 24.5 Å². The molecule has 2 rings (SSSR count). The van der Waals surface area contributed by atoms with Crippen molar-refractivity contribution in [2.45, 2.75) is 26.9 Å². The Morgan fingerprint density at radius 3 is 2.42 bits per heavy atom. The summed E-state index contributed by atoms with van der Waals surface area (Å²) in [7, 11) is 1.58. The zero-order chi connectivity index (χ0) is 17.7. The van der Waals surface area contributed by atoms with Crippen LogP contribution in [0.5, 0.6) is 0 Å². The molecule has 2 aromatic rings. The van der Waals surface area contributed by atoms with Crippen molar-refractivity contribution in [1.82, 2.24) is 5.32 Å². The van der Waals surface area contributed by atoms with Crippen LogP contribution in [0.25, 0.3) is 0 Å². The summed E-state index contributed by atoms with van der Waals surface area (Å²) in [6.07, 6.45) is -0.262. The SMILES string of the molecule is COC(CNC(=O)C(=O)Nc1ccc(C)c(C)c1)c1ccc(C)s1. The van der Waals surface area contributed by atoms with Gasteiger partial charge in [-0.25, -0.2) is 0 Å². The van der Waals surface area contributed by atoms with Gasteiger partial charge in [0.25, 0.3) is 0 Å². The van der Waals surface area contributed by atoms with Crippen LogP contribution in [0.4, 0.5) is 5.69 Å². The minimum absolute atomic E-state index is 0.246. The number of rotatable bonds is 5. The van der Waals surface area contributed by atoms with E-state index in [4.69, 9.17) is 4.74 Å². The average Bonchev–Trinajstić information content (AvgIpc) is 2.97. The topological polar surface area (TPSA) is 67.4 Å². The van der Waals surface area contributed by atoms with E-state index >= 15 is 0 Å². The van der Waals surface area contributed by atoms with Gasteiger partial charge in [-0.1, -0.05) is 6.07 Å². The highest BCUT2D eigenvalue weighted by Crippen LogP contribution is 2.24. The molecule has 1 heterocycles. The predicted octanol–water partition coefficient (Wildman–Crippen LogP) is 3.12. The van der Waals surface area contributed by atoms with Gasteiger partial charge in [-0.2, -0.15) is 0 Å².